The predicted molar refractivity (Wildman–Crippen MR) is 87.3 cm³/mol. The first kappa shape index (κ1) is 15.4. The van der Waals surface area contributed by atoms with Crippen molar-refractivity contribution in [2.45, 2.75) is 0 Å². The number of anilines is 1. The molecular formula is C15H15ClN4O3. The molecule has 0 atom stereocenters. The molecule has 3 rings (SSSR count). The van der Waals surface area contributed by atoms with Gasteiger partial charge in [0, 0.05) is 43.1 Å². The Kier molecular flexibility index (Phi) is 4.20. The van der Waals surface area contributed by atoms with Crippen molar-refractivity contribution in [2.75, 3.05) is 31.1 Å². The Hall–Kier alpha value is -2.54. The molecule has 2 aromatic rings. The van der Waals surface area contributed by atoms with Crippen molar-refractivity contribution < 1.29 is 4.79 Å². The summed E-state index contributed by atoms with van der Waals surface area (Å²) in [7, 11) is 0. The number of nitrogens with one attached hydrogen (secondary N) is 2. The smallest absolute Gasteiger partial charge is 0.325 e. The number of nitrogens with zero attached hydrogens (tertiary/aromatic N) is 2. The van der Waals surface area contributed by atoms with E-state index in [0.29, 0.717) is 31.2 Å². The molecule has 1 saturated heterocycles. The molecule has 0 unspecified atom stereocenters. The maximum absolute atomic E-state index is 12.4. The zero-order chi connectivity index (χ0) is 16.4. The highest BCUT2D eigenvalue weighted by atomic mass is 35.5. The molecule has 2 heterocycles. The summed E-state index contributed by atoms with van der Waals surface area (Å²) in [6.45, 7) is 2.27. The molecule has 1 fully saturated rings. The number of hydrogen-bond donors (Lipinski definition) is 2. The molecule has 2 N–H and O–H groups in total. The summed E-state index contributed by atoms with van der Waals surface area (Å²) in [4.78, 5) is 43.2. The van der Waals surface area contributed by atoms with Gasteiger partial charge in [-0.15, -0.1) is 0 Å². The lowest BCUT2D eigenvalue weighted by Crippen LogP contribution is -2.50. The molecule has 1 amide bonds. The van der Waals surface area contributed by atoms with Crippen LogP contribution in [0.5, 0.6) is 0 Å². The molecule has 7 nitrogen and oxygen atoms in total. The lowest BCUT2D eigenvalue weighted by molar-refractivity contribution is 0.0744. The van der Waals surface area contributed by atoms with Crippen LogP contribution in [0.1, 0.15) is 10.4 Å². The van der Waals surface area contributed by atoms with Gasteiger partial charge < -0.3 is 14.8 Å². The summed E-state index contributed by atoms with van der Waals surface area (Å²) < 4.78 is 0. The van der Waals surface area contributed by atoms with Crippen molar-refractivity contribution in [1.29, 1.82) is 0 Å². The zero-order valence-electron chi connectivity index (χ0n) is 12.2. The van der Waals surface area contributed by atoms with E-state index in [1.54, 1.807) is 4.90 Å². The van der Waals surface area contributed by atoms with Gasteiger partial charge in [-0.3, -0.25) is 14.6 Å². The topological polar surface area (TPSA) is 89.3 Å². The summed E-state index contributed by atoms with van der Waals surface area (Å²) in [5.74, 6) is -0.381. The Bertz CT molecular complexity index is 837. The van der Waals surface area contributed by atoms with E-state index in [4.69, 9.17) is 11.6 Å². The van der Waals surface area contributed by atoms with E-state index in [1.165, 1.54) is 0 Å². The number of H-pyrrole nitrogens is 2. The Morgan fingerprint density at radius 1 is 1.13 bits per heavy atom. The van der Waals surface area contributed by atoms with E-state index >= 15 is 0 Å². The second-order valence-corrected chi connectivity index (χ2v) is 5.68. The first-order chi connectivity index (χ1) is 11.0. The maximum atomic E-state index is 12.4. The van der Waals surface area contributed by atoms with Gasteiger partial charge in [0.2, 0.25) is 0 Å². The molecule has 23 heavy (non-hydrogen) atoms. The van der Waals surface area contributed by atoms with Crippen molar-refractivity contribution in [1.82, 2.24) is 14.9 Å². The number of carbonyl (C=O) groups excluding carboxylic acids is 1. The summed E-state index contributed by atoms with van der Waals surface area (Å²) in [5.41, 5.74) is -0.347. The van der Waals surface area contributed by atoms with Crippen LogP contribution < -0.4 is 16.1 Å². The molecule has 0 spiro atoms. The summed E-state index contributed by atoms with van der Waals surface area (Å²) in [6.07, 6.45) is 1.16. The van der Waals surface area contributed by atoms with Crippen LogP contribution in [0.25, 0.3) is 0 Å². The van der Waals surface area contributed by atoms with Gasteiger partial charge in [-0.05, 0) is 18.2 Å². The van der Waals surface area contributed by atoms with Gasteiger partial charge in [-0.25, -0.2) is 4.79 Å². The van der Waals surface area contributed by atoms with Crippen LogP contribution in [-0.2, 0) is 0 Å². The highest BCUT2D eigenvalue weighted by Crippen LogP contribution is 2.21. The van der Waals surface area contributed by atoms with Crippen molar-refractivity contribution in [2.24, 2.45) is 0 Å². The summed E-state index contributed by atoms with van der Waals surface area (Å²) >= 11 is 6.00. The van der Waals surface area contributed by atoms with E-state index in [9.17, 15) is 14.4 Å². The zero-order valence-corrected chi connectivity index (χ0v) is 13.0. The van der Waals surface area contributed by atoms with Gasteiger partial charge in [0.25, 0.3) is 11.5 Å². The maximum Gasteiger partial charge on any atom is 0.325 e. The standard InChI is InChI=1S/C15H15ClN4O3/c16-10-2-1-3-11(8-10)19-4-6-20(7-5-19)14(22)12-9-17-15(23)18-13(12)21/h1-3,8-9H,4-7H2,(H2,17,18,21,23). The van der Waals surface area contributed by atoms with Gasteiger partial charge in [-0.1, -0.05) is 17.7 Å². The molecule has 1 aliphatic rings. The number of hydrogen-bond acceptors (Lipinski definition) is 4. The molecule has 120 valence electrons. The van der Waals surface area contributed by atoms with Crippen molar-refractivity contribution in [3.05, 3.63) is 61.9 Å². The van der Waals surface area contributed by atoms with E-state index in [1.807, 2.05) is 24.3 Å². The van der Waals surface area contributed by atoms with Crippen LogP contribution in [0.15, 0.2) is 40.1 Å². The largest absolute Gasteiger partial charge is 0.368 e. The number of rotatable bonds is 2. The quantitative estimate of drug-likeness (QED) is 0.845. The second kappa shape index (κ2) is 6.29. The van der Waals surface area contributed by atoms with Gasteiger partial charge in [-0.2, -0.15) is 0 Å². The minimum atomic E-state index is -0.670. The van der Waals surface area contributed by atoms with Crippen LogP contribution in [0, 0.1) is 0 Å². The average molecular weight is 335 g/mol. The lowest BCUT2D eigenvalue weighted by atomic mass is 10.2. The van der Waals surface area contributed by atoms with E-state index in [2.05, 4.69) is 14.9 Å². The third-order valence-electron chi connectivity index (χ3n) is 3.79. The molecule has 1 aliphatic heterocycles. The number of halogens is 1. The Labute approximate surface area is 136 Å². The molecule has 1 aromatic carbocycles. The van der Waals surface area contributed by atoms with Crippen LogP contribution in [0.2, 0.25) is 5.02 Å². The Morgan fingerprint density at radius 3 is 2.52 bits per heavy atom. The van der Waals surface area contributed by atoms with E-state index < -0.39 is 11.2 Å². The molecule has 0 aliphatic carbocycles. The second-order valence-electron chi connectivity index (χ2n) is 5.24. The van der Waals surface area contributed by atoms with Gasteiger partial charge in [0.15, 0.2) is 0 Å². The van der Waals surface area contributed by atoms with Crippen LogP contribution in [0.3, 0.4) is 0 Å². The third-order valence-corrected chi connectivity index (χ3v) is 4.03. The number of piperazine rings is 1. The normalized spacial score (nSPS) is 14.8. The van der Waals surface area contributed by atoms with Crippen molar-refractivity contribution >= 4 is 23.2 Å². The molecule has 0 radical (unpaired) electrons. The van der Waals surface area contributed by atoms with Crippen LogP contribution in [-0.4, -0.2) is 47.0 Å². The number of aromatic amines is 2. The fraction of sp³-hybridized carbons (Fsp3) is 0.267. The molecule has 0 bridgehead atoms. The third kappa shape index (κ3) is 3.29. The number of amides is 1. The van der Waals surface area contributed by atoms with Gasteiger partial charge in [0.1, 0.15) is 5.56 Å². The lowest BCUT2D eigenvalue weighted by Gasteiger charge is -2.36. The van der Waals surface area contributed by atoms with Crippen molar-refractivity contribution in [3.63, 3.8) is 0 Å². The Morgan fingerprint density at radius 2 is 1.87 bits per heavy atom. The van der Waals surface area contributed by atoms with Gasteiger partial charge in [0.05, 0.1) is 0 Å². The van der Waals surface area contributed by atoms with Crippen LogP contribution in [0.4, 0.5) is 5.69 Å². The van der Waals surface area contributed by atoms with E-state index in [-0.39, 0.29) is 11.5 Å². The number of benzene rings is 1. The fourth-order valence-corrected chi connectivity index (χ4v) is 2.76. The SMILES string of the molecule is O=C(c1c[nH]c(=O)[nH]c1=O)N1CCN(c2cccc(Cl)c2)CC1. The first-order valence-corrected chi connectivity index (χ1v) is 7.54. The summed E-state index contributed by atoms with van der Waals surface area (Å²) in [5, 5.41) is 0.667. The molecule has 0 saturated carbocycles. The average Bonchev–Trinajstić information content (AvgIpc) is 2.54. The fourth-order valence-electron chi connectivity index (χ4n) is 2.58. The molecule has 8 heteroatoms. The number of aromatic nitrogens is 2. The molecular weight excluding hydrogens is 320 g/mol. The number of carbonyl (C=O) groups is 1. The highest BCUT2D eigenvalue weighted by Gasteiger charge is 2.24. The van der Waals surface area contributed by atoms with Crippen molar-refractivity contribution in [3.8, 4) is 0 Å². The van der Waals surface area contributed by atoms with E-state index in [0.717, 1.165) is 11.9 Å². The predicted octanol–water partition coefficient (Wildman–Crippen LogP) is 0.679. The van der Waals surface area contributed by atoms with Gasteiger partial charge >= 0.3 is 5.69 Å². The van der Waals surface area contributed by atoms with Crippen LogP contribution >= 0.6 is 11.6 Å². The minimum absolute atomic E-state index is 0.0548. The highest BCUT2D eigenvalue weighted by molar-refractivity contribution is 6.30. The molecule has 1 aromatic heterocycles. The Balaban J connectivity index is 1.70. The first-order valence-electron chi connectivity index (χ1n) is 7.16. The minimum Gasteiger partial charge on any atom is -0.368 e. The monoisotopic (exact) mass is 334 g/mol. The summed E-state index contributed by atoms with van der Waals surface area (Å²) in [6, 6.07) is 7.55.